The van der Waals surface area contributed by atoms with Crippen molar-refractivity contribution >= 4 is 15.7 Å². The zero-order chi connectivity index (χ0) is 14.8. The summed E-state index contributed by atoms with van der Waals surface area (Å²) >= 11 is 0. The van der Waals surface area contributed by atoms with Crippen molar-refractivity contribution in [3.63, 3.8) is 0 Å². The number of halogens is 3. The maximum Gasteiger partial charge on any atom is 0.389 e. The molecule has 0 radical (unpaired) electrons. The third kappa shape index (κ3) is 4.67. The molecule has 0 aliphatic heterocycles. The second-order valence-corrected chi connectivity index (χ2v) is 7.25. The van der Waals surface area contributed by atoms with Gasteiger partial charge in [0.25, 0.3) is 0 Å². The average Bonchev–Trinajstić information content (AvgIpc) is 2.72. The highest BCUT2D eigenvalue weighted by Crippen LogP contribution is 2.30. The standard InChI is InChI=1S/C11H18F3NO3S/c1-15(10(16)6-7-11(12,13)14)8-4-3-5-9(8)19(2,17)18/h8-9H,3-7H2,1-2H3/t8-,9-/m0/s1. The Bertz CT molecular complexity index is 433. The Kier molecular flexibility index (Phi) is 4.86. The van der Waals surface area contributed by atoms with Crippen LogP contribution < -0.4 is 0 Å². The zero-order valence-electron chi connectivity index (χ0n) is 10.9. The maximum atomic E-state index is 12.1. The molecule has 0 aromatic rings. The van der Waals surface area contributed by atoms with Gasteiger partial charge in [-0.1, -0.05) is 0 Å². The van der Waals surface area contributed by atoms with E-state index in [0.29, 0.717) is 19.3 Å². The lowest BCUT2D eigenvalue weighted by Crippen LogP contribution is -2.44. The third-order valence-electron chi connectivity index (χ3n) is 3.48. The predicted molar refractivity (Wildman–Crippen MR) is 64.3 cm³/mol. The van der Waals surface area contributed by atoms with E-state index >= 15 is 0 Å². The van der Waals surface area contributed by atoms with Crippen LogP contribution >= 0.6 is 0 Å². The fourth-order valence-electron chi connectivity index (χ4n) is 2.46. The van der Waals surface area contributed by atoms with Crippen molar-refractivity contribution in [2.75, 3.05) is 13.3 Å². The first-order valence-electron chi connectivity index (χ1n) is 6.03. The van der Waals surface area contributed by atoms with E-state index < -0.39 is 46.1 Å². The minimum Gasteiger partial charge on any atom is -0.341 e. The Morgan fingerprint density at radius 3 is 2.37 bits per heavy atom. The van der Waals surface area contributed by atoms with E-state index in [2.05, 4.69) is 0 Å². The molecule has 1 amide bonds. The van der Waals surface area contributed by atoms with Crippen LogP contribution in [0.5, 0.6) is 0 Å². The Labute approximate surface area is 110 Å². The number of nitrogens with zero attached hydrogens (tertiary/aromatic N) is 1. The molecule has 2 atom stereocenters. The summed E-state index contributed by atoms with van der Waals surface area (Å²) in [5.74, 6) is -0.655. The molecular formula is C11H18F3NO3S. The van der Waals surface area contributed by atoms with Gasteiger partial charge in [0.15, 0.2) is 9.84 Å². The van der Waals surface area contributed by atoms with Crippen molar-refractivity contribution in [1.29, 1.82) is 0 Å². The van der Waals surface area contributed by atoms with Crippen LogP contribution in [0.3, 0.4) is 0 Å². The van der Waals surface area contributed by atoms with Crippen LogP contribution in [-0.2, 0) is 14.6 Å². The summed E-state index contributed by atoms with van der Waals surface area (Å²) in [5.41, 5.74) is 0. The van der Waals surface area contributed by atoms with E-state index in [0.717, 1.165) is 6.26 Å². The van der Waals surface area contributed by atoms with Gasteiger partial charge in [-0.25, -0.2) is 8.42 Å². The molecule has 0 spiro atoms. The lowest BCUT2D eigenvalue weighted by molar-refractivity contribution is -0.149. The second kappa shape index (κ2) is 5.68. The molecule has 1 rings (SSSR count). The molecule has 0 bridgehead atoms. The highest BCUT2D eigenvalue weighted by Gasteiger charge is 2.39. The lowest BCUT2D eigenvalue weighted by atomic mass is 10.2. The monoisotopic (exact) mass is 301 g/mol. The summed E-state index contributed by atoms with van der Waals surface area (Å²) in [6, 6.07) is -0.504. The van der Waals surface area contributed by atoms with Gasteiger partial charge in [0.05, 0.1) is 11.7 Å². The van der Waals surface area contributed by atoms with E-state index in [9.17, 15) is 26.4 Å². The molecule has 4 nitrogen and oxygen atoms in total. The van der Waals surface area contributed by atoms with Gasteiger partial charge in [0.2, 0.25) is 5.91 Å². The van der Waals surface area contributed by atoms with E-state index in [1.807, 2.05) is 0 Å². The molecule has 0 N–H and O–H groups in total. The lowest BCUT2D eigenvalue weighted by Gasteiger charge is -2.29. The Balaban J connectivity index is 2.66. The average molecular weight is 301 g/mol. The molecule has 0 unspecified atom stereocenters. The highest BCUT2D eigenvalue weighted by molar-refractivity contribution is 7.91. The molecule has 112 valence electrons. The smallest absolute Gasteiger partial charge is 0.341 e. The van der Waals surface area contributed by atoms with Gasteiger partial charge in [-0.3, -0.25) is 4.79 Å². The number of carbonyl (C=O) groups is 1. The van der Waals surface area contributed by atoms with Gasteiger partial charge in [0.1, 0.15) is 0 Å². The first-order chi connectivity index (χ1) is 8.52. The Morgan fingerprint density at radius 1 is 1.32 bits per heavy atom. The molecule has 0 heterocycles. The van der Waals surface area contributed by atoms with Crippen molar-refractivity contribution < 1.29 is 26.4 Å². The summed E-state index contributed by atoms with van der Waals surface area (Å²) in [6.45, 7) is 0. The summed E-state index contributed by atoms with van der Waals surface area (Å²) in [7, 11) is -1.91. The normalized spacial score (nSPS) is 24.5. The number of hydrogen-bond acceptors (Lipinski definition) is 3. The van der Waals surface area contributed by atoms with E-state index in [1.54, 1.807) is 0 Å². The predicted octanol–water partition coefficient (Wildman–Crippen LogP) is 1.75. The minimum atomic E-state index is -4.37. The number of carbonyl (C=O) groups excluding carboxylic acids is 1. The van der Waals surface area contributed by atoms with Crippen LogP contribution in [0.4, 0.5) is 13.2 Å². The summed E-state index contributed by atoms with van der Waals surface area (Å²) in [5, 5.41) is -0.660. The number of rotatable bonds is 4. The van der Waals surface area contributed by atoms with E-state index in [-0.39, 0.29) is 0 Å². The molecule has 0 saturated heterocycles. The van der Waals surface area contributed by atoms with Crippen molar-refractivity contribution in [3.8, 4) is 0 Å². The SMILES string of the molecule is CN(C(=O)CCC(F)(F)F)[C@H]1CCC[C@@H]1S(C)(=O)=O. The molecule has 1 fully saturated rings. The number of sulfone groups is 1. The number of hydrogen-bond donors (Lipinski definition) is 0. The minimum absolute atomic E-state index is 0.459. The van der Waals surface area contributed by atoms with Crippen molar-refractivity contribution in [2.24, 2.45) is 0 Å². The largest absolute Gasteiger partial charge is 0.389 e. The molecule has 1 aliphatic carbocycles. The Morgan fingerprint density at radius 2 is 1.89 bits per heavy atom. The highest BCUT2D eigenvalue weighted by atomic mass is 32.2. The van der Waals surface area contributed by atoms with Gasteiger partial charge >= 0.3 is 6.18 Å². The van der Waals surface area contributed by atoms with Crippen molar-refractivity contribution in [3.05, 3.63) is 0 Å². The second-order valence-electron chi connectivity index (χ2n) is 4.99. The Hall–Kier alpha value is -0.790. The number of alkyl halides is 3. The topological polar surface area (TPSA) is 54.5 Å². The van der Waals surface area contributed by atoms with E-state index in [1.165, 1.54) is 11.9 Å². The van der Waals surface area contributed by atoms with Crippen LogP contribution in [0.25, 0.3) is 0 Å². The van der Waals surface area contributed by atoms with Crippen molar-refractivity contribution in [1.82, 2.24) is 4.90 Å². The molecule has 19 heavy (non-hydrogen) atoms. The molecule has 0 aromatic heterocycles. The van der Waals surface area contributed by atoms with Crippen LogP contribution in [0.2, 0.25) is 0 Å². The maximum absolute atomic E-state index is 12.1. The first-order valence-corrected chi connectivity index (χ1v) is 7.99. The van der Waals surface area contributed by atoms with Gasteiger partial charge in [0, 0.05) is 25.8 Å². The zero-order valence-corrected chi connectivity index (χ0v) is 11.7. The van der Waals surface area contributed by atoms with Crippen LogP contribution in [0.1, 0.15) is 32.1 Å². The molecular weight excluding hydrogens is 283 g/mol. The van der Waals surface area contributed by atoms with Crippen LogP contribution in [0, 0.1) is 0 Å². The number of amides is 1. The van der Waals surface area contributed by atoms with Gasteiger partial charge in [-0.05, 0) is 19.3 Å². The van der Waals surface area contributed by atoms with Crippen molar-refractivity contribution in [2.45, 2.75) is 49.6 Å². The van der Waals surface area contributed by atoms with Crippen LogP contribution in [-0.4, -0.2) is 50.0 Å². The fraction of sp³-hybridized carbons (Fsp3) is 0.909. The quantitative estimate of drug-likeness (QED) is 0.795. The summed E-state index contributed by atoms with van der Waals surface area (Å²) < 4.78 is 59.3. The van der Waals surface area contributed by atoms with Crippen LogP contribution in [0.15, 0.2) is 0 Å². The van der Waals surface area contributed by atoms with Gasteiger partial charge in [-0.15, -0.1) is 0 Å². The molecule has 8 heteroatoms. The van der Waals surface area contributed by atoms with Gasteiger partial charge < -0.3 is 4.90 Å². The third-order valence-corrected chi connectivity index (χ3v) is 5.13. The molecule has 0 aromatic carbocycles. The summed E-state index contributed by atoms with van der Waals surface area (Å²) in [6.07, 6.45) is -3.43. The van der Waals surface area contributed by atoms with E-state index in [4.69, 9.17) is 0 Å². The molecule has 1 saturated carbocycles. The fourth-order valence-corrected chi connectivity index (χ4v) is 3.94. The first kappa shape index (κ1) is 16.3. The molecule has 1 aliphatic rings. The summed E-state index contributed by atoms with van der Waals surface area (Å²) in [4.78, 5) is 12.9. The van der Waals surface area contributed by atoms with Gasteiger partial charge in [-0.2, -0.15) is 13.2 Å².